The van der Waals surface area contributed by atoms with Crippen LogP contribution >= 0.6 is 0 Å². The molecule has 44 heteroatoms. The SMILES string of the molecule is CC(C)C[C@H](NC(=O)[C@H](CC(C)C)NC(=O)[C@H](CO)NC(=O)[C@H](CCC(N)=O)NC(=O)CNC(=O)[C@H](C)NC(=O)[C@H](CC(C)C)NC(=O)[C@H](CCC(=O)O)NC(=O)[C@@H](NC(=O)[C@H](CC(C)C)NC(=O)[C@H](CCCN=C(N)N)NC(=O)[C@H](CCCN=C(N)N)NC(=O)[C@@H]1CCCN1C(=O)[C@H](CO)NC(=O)[C@@H](N)[C@@H](C)O)C(C)C)C(=O)O. The van der Waals surface area contributed by atoms with Crippen LogP contribution in [0.2, 0.25) is 0 Å². The summed E-state index contributed by atoms with van der Waals surface area (Å²) in [5.41, 5.74) is 33.3. The molecule has 0 aromatic carbocycles. The second-order valence-electron chi connectivity index (χ2n) is 30.4. The molecule has 30 N–H and O–H groups in total. The van der Waals surface area contributed by atoms with Gasteiger partial charge in [-0.1, -0.05) is 69.2 Å². The number of nitrogens with zero attached hydrogens (tertiary/aromatic N) is 3. The first-order valence-corrected chi connectivity index (χ1v) is 38.4. The molecule has 0 aromatic rings. The number of carboxylic acids is 2. The van der Waals surface area contributed by atoms with Crippen molar-refractivity contribution in [1.82, 2.24) is 74.0 Å². The van der Waals surface area contributed by atoms with Gasteiger partial charge >= 0.3 is 11.9 Å². The molecule has 1 fully saturated rings. The number of hydrogen-bond acceptors (Lipinski definition) is 23. The summed E-state index contributed by atoms with van der Waals surface area (Å²) in [5.74, 6) is -19.7. The second kappa shape index (κ2) is 52.0. The van der Waals surface area contributed by atoms with Crippen molar-refractivity contribution in [2.75, 3.05) is 39.4 Å². The van der Waals surface area contributed by atoms with E-state index < -0.39 is 243 Å². The predicted octanol–water partition coefficient (Wildman–Crippen LogP) is -8.21. The van der Waals surface area contributed by atoms with Crippen molar-refractivity contribution in [3.05, 3.63) is 0 Å². The highest BCUT2D eigenvalue weighted by Crippen LogP contribution is 2.21. The maximum absolute atomic E-state index is 14.6. The monoisotopic (exact) mass is 1640 g/mol. The molecule has 652 valence electrons. The van der Waals surface area contributed by atoms with Gasteiger partial charge in [-0.15, -0.1) is 0 Å². The van der Waals surface area contributed by atoms with Crippen molar-refractivity contribution < 1.29 is 107 Å². The number of aliphatic imine (C=N–C) groups is 2. The van der Waals surface area contributed by atoms with Gasteiger partial charge < -0.3 is 134 Å². The third-order valence-corrected chi connectivity index (χ3v) is 17.8. The van der Waals surface area contributed by atoms with Crippen molar-refractivity contribution in [3.63, 3.8) is 0 Å². The lowest BCUT2D eigenvalue weighted by molar-refractivity contribution is -0.143. The number of aliphatic hydroxyl groups excluding tert-OH is 3. The van der Waals surface area contributed by atoms with Crippen molar-refractivity contribution >= 4 is 112 Å². The lowest BCUT2D eigenvalue weighted by Crippen LogP contribution is -2.61. The molecule has 0 aliphatic carbocycles. The van der Waals surface area contributed by atoms with Gasteiger partial charge in [-0.2, -0.15) is 0 Å². The van der Waals surface area contributed by atoms with E-state index >= 15 is 0 Å². The first-order valence-electron chi connectivity index (χ1n) is 38.4. The smallest absolute Gasteiger partial charge is 0.326 e. The van der Waals surface area contributed by atoms with Crippen LogP contribution in [0.25, 0.3) is 0 Å². The highest BCUT2D eigenvalue weighted by Gasteiger charge is 2.42. The summed E-state index contributed by atoms with van der Waals surface area (Å²) >= 11 is 0. The van der Waals surface area contributed by atoms with E-state index in [0.29, 0.717) is 0 Å². The Kier molecular flexibility index (Phi) is 46.3. The van der Waals surface area contributed by atoms with Gasteiger partial charge in [-0.25, -0.2) is 4.79 Å². The molecule has 0 spiro atoms. The molecule has 44 nitrogen and oxygen atoms in total. The van der Waals surface area contributed by atoms with E-state index in [4.69, 9.17) is 34.4 Å². The topological polar surface area (TPSA) is 732 Å². The van der Waals surface area contributed by atoms with E-state index in [1.54, 1.807) is 55.4 Å². The molecule has 0 unspecified atom stereocenters. The number of primary amides is 1. The van der Waals surface area contributed by atoms with Crippen LogP contribution in [0.3, 0.4) is 0 Å². The van der Waals surface area contributed by atoms with Crippen LogP contribution in [-0.4, -0.2) is 273 Å². The van der Waals surface area contributed by atoms with E-state index in [-0.39, 0.29) is 119 Å². The molecular weight excluding hydrogens is 1510 g/mol. The normalized spacial score (nSPS) is 16.3. The minimum atomic E-state index is -1.76. The zero-order chi connectivity index (χ0) is 87.8. The Hall–Kier alpha value is -10.6. The number of aliphatic hydroxyl groups is 3. The molecule has 15 amide bonds. The number of aliphatic carboxylic acids is 2. The van der Waals surface area contributed by atoms with Crippen LogP contribution < -0.4 is 104 Å². The number of amides is 15. The maximum atomic E-state index is 14.6. The fraction of sp³-hybridized carbons (Fsp3) is 0.732. The Labute approximate surface area is 668 Å². The van der Waals surface area contributed by atoms with E-state index in [1.165, 1.54) is 27.7 Å². The number of likely N-dealkylation sites (tertiary alicyclic amines) is 1. The zero-order valence-corrected chi connectivity index (χ0v) is 67.7. The number of nitrogens with one attached hydrogen (secondary N) is 13. The highest BCUT2D eigenvalue weighted by molar-refractivity contribution is 6.00. The fourth-order valence-corrected chi connectivity index (χ4v) is 11.7. The van der Waals surface area contributed by atoms with Crippen LogP contribution in [0.15, 0.2) is 9.98 Å². The van der Waals surface area contributed by atoms with Gasteiger partial charge in [-0.05, 0) is 120 Å². The standard InChI is InChI=1S/C71H126N22O22/c1-33(2)26-44(61(106)81-38(11)56(101)80-30-52(98)82-42(19-21-51(72)97)59(104)90-48(31-94)64(109)88-45(27-34(3)4)62(107)89-47(69(114)115)29-36(7)8)86-60(105)43(20-22-53(99)100)85-67(112)55(37(9)10)92-63(108)46(28-35(5)6)87-58(103)40(16-13-23-78-70(74)75)83-57(102)41(17-14-24-79-71(76)77)84-65(110)50-18-15-25-93(50)68(113)49(32-95)91-66(111)54(73)39(12)96/h33-50,54-55,94-96H,13-32,73H2,1-12H3,(H2,72,97)(H,80,101)(H,81,106)(H,82,98)(H,83,102)(H,84,110)(H,85,112)(H,86,105)(H,87,103)(H,88,109)(H,89,107)(H,90,104)(H,91,111)(H,92,108)(H,99,100)(H,114,115)(H4,74,75,78)(H4,76,77,79)/t38-,39+,40-,41-,42-,43-,44-,45-,46-,47-,48-,49-,50-,54-,55-/m0/s1. The first-order chi connectivity index (χ1) is 53.6. The van der Waals surface area contributed by atoms with Gasteiger partial charge in [0.2, 0.25) is 88.6 Å². The molecule has 15 atom stereocenters. The second-order valence-corrected chi connectivity index (χ2v) is 30.4. The molecule has 0 radical (unpaired) electrons. The van der Waals surface area contributed by atoms with Gasteiger partial charge in [0.1, 0.15) is 84.6 Å². The van der Waals surface area contributed by atoms with E-state index in [0.717, 1.165) is 4.90 Å². The predicted molar refractivity (Wildman–Crippen MR) is 416 cm³/mol. The summed E-state index contributed by atoms with van der Waals surface area (Å²) in [5, 5.41) is 81.5. The van der Waals surface area contributed by atoms with Crippen LogP contribution in [0.1, 0.15) is 173 Å². The van der Waals surface area contributed by atoms with Crippen molar-refractivity contribution in [1.29, 1.82) is 0 Å². The summed E-state index contributed by atoms with van der Waals surface area (Å²) in [7, 11) is 0. The highest BCUT2D eigenvalue weighted by atomic mass is 16.4. The summed E-state index contributed by atoms with van der Waals surface area (Å²) in [6.45, 7) is 16.3. The first kappa shape index (κ1) is 102. The number of hydrogen-bond donors (Lipinski definition) is 24. The van der Waals surface area contributed by atoms with Crippen LogP contribution in [0.4, 0.5) is 0 Å². The lowest BCUT2D eigenvalue weighted by atomic mass is 9.98. The van der Waals surface area contributed by atoms with E-state index in [9.17, 15) is 107 Å². The zero-order valence-electron chi connectivity index (χ0n) is 67.7. The van der Waals surface area contributed by atoms with Crippen molar-refractivity contribution in [2.24, 2.45) is 74.0 Å². The summed E-state index contributed by atoms with van der Waals surface area (Å²) in [4.78, 5) is 239. The summed E-state index contributed by atoms with van der Waals surface area (Å²) in [6.07, 6.45) is -3.57. The molecule has 0 aromatic heterocycles. The van der Waals surface area contributed by atoms with Crippen LogP contribution in [0.5, 0.6) is 0 Å². The Balaban J connectivity index is 3.51. The number of carboxylic acid groups (broad SMARTS) is 2. The fourth-order valence-electron chi connectivity index (χ4n) is 11.7. The molecule has 0 saturated carbocycles. The number of rotatable bonds is 54. The molecular formula is C71H126N22O22. The summed E-state index contributed by atoms with van der Waals surface area (Å²) in [6, 6.07) is -20.9. The van der Waals surface area contributed by atoms with Gasteiger partial charge in [0.05, 0.1) is 25.9 Å². The lowest BCUT2D eigenvalue weighted by Gasteiger charge is -2.30. The van der Waals surface area contributed by atoms with Gasteiger partial charge in [0, 0.05) is 32.5 Å². The molecule has 0 bridgehead atoms. The Bertz CT molecular complexity index is 3370. The quantitative estimate of drug-likeness (QED) is 0.0153. The summed E-state index contributed by atoms with van der Waals surface area (Å²) < 4.78 is 0. The number of carbonyl (C=O) groups excluding carboxylic acids is 15. The molecule has 1 saturated heterocycles. The molecule has 115 heavy (non-hydrogen) atoms. The van der Waals surface area contributed by atoms with Gasteiger partial charge in [0.15, 0.2) is 11.9 Å². The largest absolute Gasteiger partial charge is 0.481 e. The van der Waals surface area contributed by atoms with Crippen LogP contribution in [-0.2, 0) is 81.5 Å². The molecule has 1 rings (SSSR count). The van der Waals surface area contributed by atoms with Crippen molar-refractivity contribution in [2.45, 2.75) is 264 Å². The minimum absolute atomic E-state index is 0.00699. The third-order valence-electron chi connectivity index (χ3n) is 17.8. The number of carbonyl (C=O) groups is 17. The molecule has 1 aliphatic heterocycles. The van der Waals surface area contributed by atoms with Gasteiger partial charge in [0.25, 0.3) is 0 Å². The average Bonchev–Trinajstić information content (AvgIpc) is 1.73. The van der Waals surface area contributed by atoms with E-state index in [2.05, 4.69) is 79.1 Å². The van der Waals surface area contributed by atoms with E-state index in [1.807, 2.05) is 0 Å². The molecule has 1 aliphatic rings. The maximum Gasteiger partial charge on any atom is 0.326 e. The minimum Gasteiger partial charge on any atom is -0.481 e. The van der Waals surface area contributed by atoms with Crippen molar-refractivity contribution in [3.8, 4) is 0 Å². The Morgan fingerprint density at radius 3 is 1.23 bits per heavy atom. The Morgan fingerprint density at radius 1 is 0.426 bits per heavy atom. The average molecular weight is 1640 g/mol. The third kappa shape index (κ3) is 39.3. The van der Waals surface area contributed by atoms with Gasteiger partial charge in [-0.3, -0.25) is 86.7 Å². The number of guanidine groups is 2. The molecule has 1 heterocycles. The Morgan fingerprint density at radius 2 is 0.800 bits per heavy atom. The number of nitrogens with two attached hydrogens (primary N) is 6. The van der Waals surface area contributed by atoms with Crippen LogP contribution in [0, 0.1) is 29.6 Å².